The third-order valence-corrected chi connectivity index (χ3v) is 5.58. The zero-order valence-corrected chi connectivity index (χ0v) is 18.7. The Hall–Kier alpha value is -1.85. The number of aromatic amines is 1. The van der Waals surface area contributed by atoms with Gasteiger partial charge in [0.25, 0.3) is 11.5 Å². The van der Waals surface area contributed by atoms with Gasteiger partial charge in [-0.1, -0.05) is 23.2 Å². The zero-order valence-electron chi connectivity index (χ0n) is 15.6. The van der Waals surface area contributed by atoms with Crippen molar-refractivity contribution >= 4 is 45.0 Å². The molecule has 1 aromatic carbocycles. The molecule has 2 aromatic rings. The van der Waals surface area contributed by atoms with E-state index in [0.717, 1.165) is 0 Å². The van der Waals surface area contributed by atoms with Crippen molar-refractivity contribution in [2.45, 2.75) is 37.9 Å². The van der Waals surface area contributed by atoms with Crippen molar-refractivity contribution in [2.75, 3.05) is 6.54 Å². The molecular weight excluding hydrogens is 505 g/mol. The van der Waals surface area contributed by atoms with Crippen LogP contribution in [0.25, 0.3) is 0 Å². The van der Waals surface area contributed by atoms with Crippen molar-refractivity contribution in [1.82, 2.24) is 14.9 Å². The van der Waals surface area contributed by atoms with Crippen LogP contribution >= 0.6 is 39.1 Å². The van der Waals surface area contributed by atoms with Crippen LogP contribution < -0.4 is 21.3 Å². The van der Waals surface area contributed by atoms with Gasteiger partial charge in [0.1, 0.15) is 18.1 Å². The molecule has 1 fully saturated rings. The Balaban J connectivity index is 1.58. The van der Waals surface area contributed by atoms with Crippen LogP contribution in [0.5, 0.6) is 5.75 Å². The summed E-state index contributed by atoms with van der Waals surface area (Å²) in [5.41, 5.74) is -1.22. The van der Waals surface area contributed by atoms with Gasteiger partial charge in [0.2, 0.25) is 0 Å². The van der Waals surface area contributed by atoms with Crippen molar-refractivity contribution < 1.29 is 19.4 Å². The zero-order chi connectivity index (χ0) is 22.0. The van der Waals surface area contributed by atoms with E-state index in [-0.39, 0.29) is 22.5 Å². The Morgan fingerprint density at radius 1 is 1.47 bits per heavy atom. The molecule has 3 N–H and O–H groups in total. The lowest BCUT2D eigenvalue weighted by Gasteiger charge is -2.19. The van der Waals surface area contributed by atoms with Crippen molar-refractivity contribution in [3.8, 4) is 5.75 Å². The molecule has 0 bridgehead atoms. The average Bonchev–Trinajstić information content (AvgIpc) is 3.05. The van der Waals surface area contributed by atoms with E-state index in [9.17, 15) is 19.5 Å². The molecule has 162 valence electrons. The molecule has 30 heavy (non-hydrogen) atoms. The molecule has 0 radical (unpaired) electrons. The highest BCUT2D eigenvalue weighted by molar-refractivity contribution is 9.10. The van der Waals surface area contributed by atoms with Gasteiger partial charge in [-0.25, -0.2) is 4.79 Å². The van der Waals surface area contributed by atoms with Gasteiger partial charge < -0.3 is 19.9 Å². The van der Waals surface area contributed by atoms with Gasteiger partial charge in [0.05, 0.1) is 15.6 Å². The van der Waals surface area contributed by atoms with E-state index >= 15 is 0 Å². The minimum atomic E-state index is -0.921. The van der Waals surface area contributed by atoms with Gasteiger partial charge in [-0.3, -0.25) is 19.1 Å². The molecule has 2 heterocycles. The molecule has 0 spiro atoms. The number of rotatable bonds is 6. The monoisotopic (exact) mass is 521 g/mol. The van der Waals surface area contributed by atoms with Crippen LogP contribution in [0.1, 0.15) is 19.6 Å². The number of nitrogens with zero attached hydrogens (tertiary/aromatic N) is 1. The Morgan fingerprint density at radius 2 is 2.20 bits per heavy atom. The Kier molecular flexibility index (Phi) is 7.25. The predicted molar refractivity (Wildman–Crippen MR) is 113 cm³/mol. The number of carbonyl (C=O) groups is 1. The summed E-state index contributed by atoms with van der Waals surface area (Å²) < 4.78 is 12.6. The SMILES string of the molecule is C[C@H](Oc1ccc(Cl)cc1Cl)C(=O)NC[C@@H]1O[C@H](n2cc(Br)c(=O)[nH]c2=O)CC1O. The standard InChI is InChI=1S/C18H18BrCl2N3O6/c1-8(29-13-3-2-9(20)4-11(13)21)16(26)22-6-14-12(25)5-15(30-14)24-7-10(19)17(27)23-18(24)28/h2-4,7-8,12,14-15,25H,5-6H2,1H3,(H,22,26)(H,23,27,28)/t8-,12?,14-,15-/m0/s1. The maximum atomic E-state index is 12.3. The van der Waals surface area contributed by atoms with Crippen LogP contribution in [0.15, 0.2) is 38.5 Å². The summed E-state index contributed by atoms with van der Waals surface area (Å²) in [6.45, 7) is 1.55. The van der Waals surface area contributed by atoms with E-state index in [1.54, 1.807) is 19.1 Å². The Bertz CT molecular complexity index is 1060. The van der Waals surface area contributed by atoms with Crippen LogP contribution in [0.3, 0.4) is 0 Å². The fraction of sp³-hybridized carbons (Fsp3) is 0.389. The summed E-state index contributed by atoms with van der Waals surface area (Å²) >= 11 is 14.9. The largest absolute Gasteiger partial charge is 0.479 e. The highest BCUT2D eigenvalue weighted by Crippen LogP contribution is 2.29. The molecule has 1 aliphatic heterocycles. The molecule has 1 aliphatic rings. The number of carbonyl (C=O) groups excluding carboxylic acids is 1. The number of amides is 1. The number of aromatic nitrogens is 2. The summed E-state index contributed by atoms with van der Waals surface area (Å²) in [7, 11) is 0. The first-order chi connectivity index (χ1) is 14.2. The summed E-state index contributed by atoms with van der Waals surface area (Å²) in [5.74, 6) is -0.131. The van der Waals surface area contributed by atoms with E-state index in [1.165, 1.54) is 16.8 Å². The number of ether oxygens (including phenoxy) is 2. The molecule has 1 amide bonds. The second-order valence-corrected chi connectivity index (χ2v) is 8.35. The van der Waals surface area contributed by atoms with Gasteiger partial charge in [0, 0.05) is 24.2 Å². The summed E-state index contributed by atoms with van der Waals surface area (Å²) in [6.07, 6.45) is -1.91. The highest BCUT2D eigenvalue weighted by atomic mass is 79.9. The number of H-pyrrole nitrogens is 1. The third-order valence-electron chi connectivity index (χ3n) is 4.48. The lowest BCUT2D eigenvalue weighted by atomic mass is 10.2. The molecule has 0 saturated carbocycles. The van der Waals surface area contributed by atoms with E-state index < -0.39 is 41.7 Å². The third kappa shape index (κ3) is 5.25. The lowest BCUT2D eigenvalue weighted by molar-refractivity contribution is -0.128. The summed E-state index contributed by atoms with van der Waals surface area (Å²) in [5, 5.41) is 13.6. The fourth-order valence-corrected chi connectivity index (χ4v) is 3.68. The second kappa shape index (κ2) is 9.52. The van der Waals surface area contributed by atoms with E-state index in [4.69, 9.17) is 32.7 Å². The first-order valence-corrected chi connectivity index (χ1v) is 10.4. The first-order valence-electron chi connectivity index (χ1n) is 8.89. The molecule has 9 nitrogen and oxygen atoms in total. The Morgan fingerprint density at radius 3 is 2.90 bits per heavy atom. The van der Waals surface area contributed by atoms with E-state index in [0.29, 0.717) is 10.8 Å². The van der Waals surface area contributed by atoms with Crippen LogP contribution in [0.2, 0.25) is 10.0 Å². The normalized spacial score (nSPS) is 22.0. The number of aliphatic hydroxyl groups is 1. The van der Waals surface area contributed by atoms with Gasteiger partial charge in [-0.15, -0.1) is 0 Å². The van der Waals surface area contributed by atoms with Gasteiger partial charge in [-0.05, 0) is 41.1 Å². The summed E-state index contributed by atoms with van der Waals surface area (Å²) in [6, 6.07) is 4.65. The number of halogens is 3. The predicted octanol–water partition coefficient (Wildman–Crippen LogP) is 1.84. The number of nitrogens with one attached hydrogen (secondary N) is 2. The number of aliphatic hydroxyl groups excluding tert-OH is 1. The van der Waals surface area contributed by atoms with Crippen molar-refractivity contribution in [1.29, 1.82) is 0 Å². The van der Waals surface area contributed by atoms with Crippen molar-refractivity contribution in [3.63, 3.8) is 0 Å². The Labute approximate surface area is 189 Å². The quantitative estimate of drug-likeness (QED) is 0.532. The molecule has 1 unspecified atom stereocenters. The molecule has 1 aromatic heterocycles. The maximum absolute atomic E-state index is 12.3. The van der Waals surface area contributed by atoms with Crippen LogP contribution in [-0.4, -0.2) is 45.4 Å². The van der Waals surface area contributed by atoms with Gasteiger partial charge >= 0.3 is 5.69 Å². The number of hydrogen-bond donors (Lipinski definition) is 3. The van der Waals surface area contributed by atoms with Crippen molar-refractivity contribution in [3.05, 3.63) is 59.8 Å². The van der Waals surface area contributed by atoms with E-state index in [1.807, 2.05) is 0 Å². The molecule has 0 aliphatic carbocycles. The van der Waals surface area contributed by atoms with Crippen LogP contribution in [-0.2, 0) is 9.53 Å². The molecular formula is C18H18BrCl2N3O6. The minimum Gasteiger partial charge on any atom is -0.479 e. The maximum Gasteiger partial charge on any atom is 0.330 e. The number of hydrogen-bond acceptors (Lipinski definition) is 6. The van der Waals surface area contributed by atoms with Gasteiger partial charge in [0.15, 0.2) is 6.10 Å². The second-order valence-electron chi connectivity index (χ2n) is 6.66. The lowest BCUT2D eigenvalue weighted by Crippen LogP contribution is -2.42. The molecule has 1 saturated heterocycles. The number of benzene rings is 1. The average molecular weight is 523 g/mol. The van der Waals surface area contributed by atoms with Crippen LogP contribution in [0.4, 0.5) is 0 Å². The minimum absolute atomic E-state index is 0.00216. The summed E-state index contributed by atoms with van der Waals surface area (Å²) in [4.78, 5) is 37.9. The smallest absolute Gasteiger partial charge is 0.330 e. The molecule has 4 atom stereocenters. The molecule has 12 heteroatoms. The van der Waals surface area contributed by atoms with Gasteiger partial charge in [-0.2, -0.15) is 0 Å². The first kappa shape index (κ1) is 22.8. The van der Waals surface area contributed by atoms with E-state index in [2.05, 4.69) is 26.2 Å². The topological polar surface area (TPSA) is 123 Å². The fourth-order valence-electron chi connectivity index (χ4n) is 2.90. The highest BCUT2D eigenvalue weighted by Gasteiger charge is 2.36. The van der Waals surface area contributed by atoms with Crippen LogP contribution in [0, 0.1) is 0 Å². The van der Waals surface area contributed by atoms with Crippen molar-refractivity contribution in [2.24, 2.45) is 0 Å². The molecule has 3 rings (SSSR count).